The molecule has 1 aliphatic rings. The number of anilines is 1. The zero-order valence-corrected chi connectivity index (χ0v) is 20.7. The quantitative estimate of drug-likeness (QED) is 0.326. The Bertz CT molecular complexity index is 1160. The van der Waals surface area contributed by atoms with Gasteiger partial charge in [-0.1, -0.05) is 11.6 Å². The lowest BCUT2D eigenvalue weighted by atomic mass is 9.87. The van der Waals surface area contributed by atoms with Gasteiger partial charge in [0.2, 0.25) is 5.92 Å². The molecule has 16 heteroatoms. The topological polar surface area (TPSA) is 84.4 Å². The van der Waals surface area contributed by atoms with Crippen molar-refractivity contribution in [2.45, 2.75) is 68.0 Å². The van der Waals surface area contributed by atoms with Crippen LogP contribution in [0.1, 0.15) is 38.2 Å². The zero-order valence-electron chi connectivity index (χ0n) is 20.0. The summed E-state index contributed by atoms with van der Waals surface area (Å²) in [6.07, 6.45) is -9.48. The number of amides is 2. The highest BCUT2D eigenvalue weighted by atomic mass is 35.5. The molecule has 0 bridgehead atoms. The Morgan fingerprint density at radius 2 is 1.62 bits per heavy atom. The molecule has 2 aromatic rings. The number of alkyl halides is 9. The number of ether oxygens (including phenoxy) is 1. The van der Waals surface area contributed by atoms with Crippen molar-refractivity contribution in [2.24, 2.45) is 0 Å². The highest BCUT2D eigenvalue weighted by Crippen LogP contribution is 2.40. The van der Waals surface area contributed by atoms with E-state index in [1.54, 1.807) is 0 Å². The Hall–Kier alpha value is -3.23. The molecule has 1 aliphatic carbocycles. The lowest BCUT2D eigenvalue weighted by molar-refractivity contribution is -0.360. The summed E-state index contributed by atoms with van der Waals surface area (Å²) in [5.74, 6) is -6.36. The molecule has 1 aromatic carbocycles. The predicted octanol–water partition coefficient (Wildman–Crippen LogP) is 5.49. The standard InChI is InChI=1S/C23H21ClF8N4O3/c1-20(13-10-33-12-34-11-13,19(38)35-14-6-8-21(26,27)9-7-14)36(18(37)17(24)25)15-2-4-16(5-3-15)39-23(31,32)22(28,29)30/h2-5,10-12,14,17H,6-9H2,1H3,(H,35,38)/t17-,20-/m0/s1. The number of hydrogen-bond donors (Lipinski definition) is 1. The van der Waals surface area contributed by atoms with Gasteiger partial charge < -0.3 is 10.1 Å². The first-order valence-electron chi connectivity index (χ1n) is 11.3. The Morgan fingerprint density at radius 3 is 2.10 bits per heavy atom. The molecule has 0 spiro atoms. The van der Waals surface area contributed by atoms with Gasteiger partial charge in [0.05, 0.1) is 0 Å². The van der Waals surface area contributed by atoms with Gasteiger partial charge in [0, 0.05) is 42.5 Å². The van der Waals surface area contributed by atoms with Crippen molar-refractivity contribution in [3.63, 3.8) is 0 Å². The molecule has 2 atom stereocenters. The van der Waals surface area contributed by atoms with Gasteiger partial charge >= 0.3 is 12.3 Å². The summed E-state index contributed by atoms with van der Waals surface area (Å²) in [5, 5.41) is 2.56. The molecular formula is C23H21ClF8N4O3. The minimum Gasteiger partial charge on any atom is -0.426 e. The molecule has 1 fully saturated rings. The fourth-order valence-corrected chi connectivity index (χ4v) is 4.09. The molecule has 0 aliphatic heterocycles. The number of nitrogens with one attached hydrogen (secondary N) is 1. The maximum atomic E-state index is 14.2. The SMILES string of the molecule is C[C@@](C(=O)NC1CCC(F)(F)CC1)(c1cncnc1)N(C(=O)[C@H](F)Cl)c1ccc(OC(F)(F)C(F)(F)F)cc1. The number of nitrogens with zero attached hydrogens (tertiary/aromatic N) is 3. The molecule has 0 radical (unpaired) electrons. The molecule has 1 aromatic heterocycles. The molecule has 2 amide bonds. The van der Waals surface area contributed by atoms with Gasteiger partial charge in [-0.15, -0.1) is 0 Å². The highest BCUT2D eigenvalue weighted by Gasteiger charge is 2.61. The van der Waals surface area contributed by atoms with Gasteiger partial charge in [-0.2, -0.15) is 22.0 Å². The van der Waals surface area contributed by atoms with Crippen molar-refractivity contribution in [2.75, 3.05) is 4.90 Å². The van der Waals surface area contributed by atoms with E-state index in [1.807, 2.05) is 0 Å². The Balaban J connectivity index is 2.03. The summed E-state index contributed by atoms with van der Waals surface area (Å²) in [4.78, 5) is 34.8. The van der Waals surface area contributed by atoms with Gasteiger partial charge in [-0.05, 0) is 44.0 Å². The van der Waals surface area contributed by atoms with E-state index < -0.39 is 65.8 Å². The van der Waals surface area contributed by atoms with E-state index in [4.69, 9.17) is 11.6 Å². The first-order valence-corrected chi connectivity index (χ1v) is 11.7. The Kier molecular flexibility index (Phi) is 8.63. The van der Waals surface area contributed by atoms with Crippen LogP contribution >= 0.6 is 11.6 Å². The monoisotopic (exact) mass is 588 g/mol. The van der Waals surface area contributed by atoms with Crippen LogP contribution in [0.25, 0.3) is 0 Å². The first kappa shape index (κ1) is 30.3. The van der Waals surface area contributed by atoms with E-state index in [0.29, 0.717) is 17.0 Å². The summed E-state index contributed by atoms with van der Waals surface area (Å²) in [5.41, 5.74) is -5.38. The smallest absolute Gasteiger partial charge is 0.426 e. The van der Waals surface area contributed by atoms with Gasteiger partial charge in [-0.25, -0.2) is 23.1 Å². The number of carbonyl (C=O) groups excluding carboxylic acids is 2. The summed E-state index contributed by atoms with van der Waals surface area (Å²) in [6.45, 7) is 1.15. The van der Waals surface area contributed by atoms with E-state index in [0.717, 1.165) is 37.8 Å². The molecule has 1 saturated carbocycles. The third kappa shape index (κ3) is 6.68. The first-order chi connectivity index (χ1) is 18.0. The van der Waals surface area contributed by atoms with Crippen LogP contribution in [0.4, 0.5) is 40.8 Å². The third-order valence-electron chi connectivity index (χ3n) is 6.14. The molecule has 1 heterocycles. The number of benzene rings is 1. The molecule has 7 nitrogen and oxygen atoms in total. The highest BCUT2D eigenvalue weighted by molar-refractivity contribution is 6.32. The minimum atomic E-state index is -6.03. The molecule has 214 valence electrons. The summed E-state index contributed by atoms with van der Waals surface area (Å²) < 4.78 is 109. The number of aromatic nitrogens is 2. The molecule has 39 heavy (non-hydrogen) atoms. The number of halogens is 9. The number of carbonyl (C=O) groups is 2. The van der Waals surface area contributed by atoms with Crippen LogP contribution in [0.5, 0.6) is 5.75 Å². The molecule has 0 unspecified atom stereocenters. The minimum absolute atomic E-state index is 0.0850. The second-order valence-corrected chi connectivity index (χ2v) is 9.27. The van der Waals surface area contributed by atoms with Crippen LogP contribution in [0.15, 0.2) is 43.0 Å². The Morgan fingerprint density at radius 1 is 1.08 bits per heavy atom. The fourth-order valence-electron chi connectivity index (χ4n) is 4.00. The Labute approximate surface area is 221 Å². The maximum absolute atomic E-state index is 14.2. The molecule has 1 N–H and O–H groups in total. The van der Waals surface area contributed by atoms with E-state index in [9.17, 15) is 44.7 Å². The van der Waals surface area contributed by atoms with Gasteiger partial charge in [-0.3, -0.25) is 14.5 Å². The maximum Gasteiger partial charge on any atom is 0.499 e. The fraction of sp³-hybridized carbons (Fsp3) is 0.478. The van der Waals surface area contributed by atoms with Gasteiger partial charge in [0.25, 0.3) is 17.4 Å². The van der Waals surface area contributed by atoms with Crippen LogP contribution in [0, 0.1) is 0 Å². The zero-order chi connectivity index (χ0) is 29.2. The lowest BCUT2D eigenvalue weighted by Gasteiger charge is -2.41. The molecule has 3 rings (SSSR count). The van der Waals surface area contributed by atoms with Crippen LogP contribution < -0.4 is 15.0 Å². The van der Waals surface area contributed by atoms with E-state index in [-0.39, 0.29) is 24.1 Å². The largest absolute Gasteiger partial charge is 0.499 e. The normalized spacial score (nSPS) is 18.5. The second kappa shape index (κ2) is 11.1. The summed E-state index contributed by atoms with van der Waals surface area (Å²) in [7, 11) is 0. The predicted molar refractivity (Wildman–Crippen MR) is 121 cm³/mol. The van der Waals surface area contributed by atoms with Crippen molar-refractivity contribution < 1.29 is 49.4 Å². The van der Waals surface area contributed by atoms with Crippen molar-refractivity contribution in [1.29, 1.82) is 0 Å². The average molecular weight is 589 g/mol. The van der Waals surface area contributed by atoms with Crippen LogP contribution in [0.3, 0.4) is 0 Å². The van der Waals surface area contributed by atoms with Crippen molar-refractivity contribution in [3.05, 3.63) is 48.5 Å². The van der Waals surface area contributed by atoms with Gasteiger partial charge in [0.1, 0.15) is 12.1 Å². The van der Waals surface area contributed by atoms with Crippen molar-refractivity contribution in [3.8, 4) is 5.75 Å². The van der Waals surface area contributed by atoms with Crippen LogP contribution in [0.2, 0.25) is 0 Å². The average Bonchev–Trinajstić information content (AvgIpc) is 2.85. The third-order valence-corrected chi connectivity index (χ3v) is 6.33. The van der Waals surface area contributed by atoms with Crippen molar-refractivity contribution >= 4 is 29.1 Å². The number of rotatable bonds is 8. The van der Waals surface area contributed by atoms with Gasteiger partial charge in [0.15, 0.2) is 5.54 Å². The van der Waals surface area contributed by atoms with E-state index in [1.165, 1.54) is 0 Å². The summed E-state index contributed by atoms with van der Waals surface area (Å²) >= 11 is 5.41. The lowest BCUT2D eigenvalue weighted by Crippen LogP contribution is -2.60. The molecular weight excluding hydrogens is 568 g/mol. The van der Waals surface area contributed by atoms with Crippen molar-refractivity contribution in [1.82, 2.24) is 15.3 Å². The number of hydrogen-bond acceptors (Lipinski definition) is 5. The van der Waals surface area contributed by atoms with Crippen LogP contribution in [-0.2, 0) is 15.1 Å². The van der Waals surface area contributed by atoms with E-state index in [2.05, 4.69) is 20.0 Å². The molecule has 0 saturated heterocycles. The summed E-state index contributed by atoms with van der Waals surface area (Å²) in [6, 6.07) is 2.19. The van der Waals surface area contributed by atoms with Crippen LogP contribution in [-0.4, -0.2) is 51.7 Å². The van der Waals surface area contributed by atoms with E-state index >= 15 is 0 Å². The second-order valence-electron chi connectivity index (χ2n) is 8.89.